The van der Waals surface area contributed by atoms with Gasteiger partial charge in [0.1, 0.15) is 0 Å². The molecule has 0 bridgehead atoms. The van der Waals surface area contributed by atoms with E-state index in [2.05, 4.69) is 17.6 Å². The summed E-state index contributed by atoms with van der Waals surface area (Å²) in [6, 6.07) is 5.32. The van der Waals surface area contributed by atoms with E-state index in [4.69, 9.17) is 9.47 Å². The first kappa shape index (κ1) is 17.6. The van der Waals surface area contributed by atoms with Crippen molar-refractivity contribution in [3.05, 3.63) is 23.8 Å². The molecule has 2 N–H and O–H groups in total. The molecule has 1 aromatic carbocycles. The van der Waals surface area contributed by atoms with Gasteiger partial charge in [-0.3, -0.25) is 4.79 Å². The fourth-order valence-electron chi connectivity index (χ4n) is 2.51. The number of methoxy groups -OCH3 is 2. The first-order valence-corrected chi connectivity index (χ1v) is 6.84. The highest BCUT2D eigenvalue weighted by molar-refractivity contribution is 5.98. The van der Waals surface area contributed by atoms with Crippen LogP contribution in [0, 0.1) is 0 Å². The summed E-state index contributed by atoms with van der Waals surface area (Å²) in [6.07, 6.45) is 1.84. The van der Waals surface area contributed by atoms with Crippen molar-refractivity contribution in [3.63, 3.8) is 0 Å². The predicted molar refractivity (Wildman–Crippen MR) is 84.8 cm³/mol. The number of hydrogen-bond donors (Lipinski definition) is 2. The second kappa shape index (κ2) is 7.52. The van der Waals surface area contributed by atoms with Crippen LogP contribution in [-0.2, 0) is 0 Å². The van der Waals surface area contributed by atoms with Gasteiger partial charge in [-0.15, -0.1) is 12.4 Å². The number of hydrogen-bond acceptors (Lipinski definition) is 4. The fraction of sp³-hybridized carbons (Fsp3) is 0.533. The Morgan fingerprint density at radius 1 is 1.24 bits per heavy atom. The summed E-state index contributed by atoms with van der Waals surface area (Å²) in [5, 5.41) is 6.42. The lowest BCUT2D eigenvalue weighted by Crippen LogP contribution is -2.52. The first-order chi connectivity index (χ1) is 9.59. The number of carbonyl (C=O) groups excluding carboxylic acids is 1. The molecule has 0 unspecified atom stereocenters. The van der Waals surface area contributed by atoms with Crippen LogP contribution in [0.1, 0.15) is 30.1 Å². The van der Waals surface area contributed by atoms with Crippen LogP contribution in [0.25, 0.3) is 0 Å². The lowest BCUT2D eigenvalue weighted by molar-refractivity contribution is 0.0884. The fourth-order valence-corrected chi connectivity index (χ4v) is 2.51. The summed E-state index contributed by atoms with van der Waals surface area (Å²) >= 11 is 0. The van der Waals surface area contributed by atoms with Gasteiger partial charge in [0.2, 0.25) is 0 Å². The van der Waals surface area contributed by atoms with Gasteiger partial charge in [0.05, 0.1) is 19.8 Å². The van der Waals surface area contributed by atoms with Crippen LogP contribution in [0.2, 0.25) is 0 Å². The highest BCUT2D eigenvalue weighted by Crippen LogP contribution is 2.31. The summed E-state index contributed by atoms with van der Waals surface area (Å²) in [4.78, 5) is 12.5. The molecular formula is C15H23ClN2O3. The monoisotopic (exact) mass is 314 g/mol. The van der Waals surface area contributed by atoms with Gasteiger partial charge in [-0.25, -0.2) is 0 Å². The van der Waals surface area contributed by atoms with Crippen molar-refractivity contribution in [1.29, 1.82) is 0 Å². The van der Waals surface area contributed by atoms with Gasteiger partial charge in [0.15, 0.2) is 11.5 Å². The number of para-hydroxylation sites is 1. The Hall–Kier alpha value is -1.46. The number of rotatable bonds is 4. The molecule has 1 heterocycles. The summed E-state index contributed by atoms with van der Waals surface area (Å²) in [5.41, 5.74) is 0.336. The van der Waals surface area contributed by atoms with E-state index in [1.165, 1.54) is 0 Å². The van der Waals surface area contributed by atoms with E-state index in [9.17, 15) is 4.79 Å². The zero-order chi connectivity index (χ0) is 14.6. The highest BCUT2D eigenvalue weighted by atomic mass is 35.5. The van der Waals surface area contributed by atoms with Crippen LogP contribution in [0.3, 0.4) is 0 Å². The van der Waals surface area contributed by atoms with E-state index in [1.807, 2.05) is 0 Å². The second-order valence-electron chi connectivity index (χ2n) is 5.31. The number of amides is 1. The van der Waals surface area contributed by atoms with Crippen molar-refractivity contribution in [2.75, 3.05) is 27.3 Å². The number of carbonyl (C=O) groups is 1. The molecule has 0 aliphatic carbocycles. The predicted octanol–water partition coefficient (Wildman–Crippen LogP) is 2.00. The van der Waals surface area contributed by atoms with E-state index >= 15 is 0 Å². The van der Waals surface area contributed by atoms with Crippen LogP contribution in [0.15, 0.2) is 18.2 Å². The number of benzene rings is 1. The standard InChI is InChI=1S/C15H22N2O3.ClH/c1-15(7-9-16-10-8-15)17-14(18)11-5-4-6-12(19-2)13(11)20-3;/h4-6,16H,7-10H2,1-3H3,(H,17,18);1H. The highest BCUT2D eigenvalue weighted by Gasteiger charge is 2.29. The Bertz CT molecular complexity index is 488. The van der Waals surface area contributed by atoms with Crippen LogP contribution in [0.5, 0.6) is 11.5 Å². The summed E-state index contributed by atoms with van der Waals surface area (Å²) in [6.45, 7) is 3.93. The lowest BCUT2D eigenvalue weighted by Gasteiger charge is -2.35. The maximum absolute atomic E-state index is 12.5. The van der Waals surface area contributed by atoms with Gasteiger partial charge in [-0.05, 0) is 45.0 Å². The third-order valence-electron chi connectivity index (χ3n) is 3.77. The smallest absolute Gasteiger partial charge is 0.255 e. The molecule has 6 heteroatoms. The van der Waals surface area contributed by atoms with Crippen LogP contribution >= 0.6 is 12.4 Å². The number of nitrogens with one attached hydrogen (secondary N) is 2. The molecule has 21 heavy (non-hydrogen) atoms. The Kier molecular flexibility index (Phi) is 6.30. The molecule has 0 aromatic heterocycles. The topological polar surface area (TPSA) is 59.6 Å². The Morgan fingerprint density at radius 2 is 1.90 bits per heavy atom. The summed E-state index contributed by atoms with van der Waals surface area (Å²) < 4.78 is 10.5. The van der Waals surface area contributed by atoms with Crippen molar-refractivity contribution in [1.82, 2.24) is 10.6 Å². The third-order valence-corrected chi connectivity index (χ3v) is 3.77. The Morgan fingerprint density at radius 3 is 2.48 bits per heavy atom. The quantitative estimate of drug-likeness (QED) is 0.892. The number of halogens is 1. The zero-order valence-electron chi connectivity index (χ0n) is 12.7. The van der Waals surface area contributed by atoms with E-state index < -0.39 is 0 Å². The number of piperidine rings is 1. The molecule has 0 atom stereocenters. The van der Waals surface area contributed by atoms with Crippen LogP contribution in [0.4, 0.5) is 0 Å². The van der Waals surface area contributed by atoms with Gasteiger partial charge in [0, 0.05) is 5.54 Å². The zero-order valence-corrected chi connectivity index (χ0v) is 13.5. The second-order valence-corrected chi connectivity index (χ2v) is 5.31. The molecule has 1 saturated heterocycles. The molecule has 2 rings (SSSR count). The molecule has 1 fully saturated rings. The van der Waals surface area contributed by atoms with Gasteiger partial charge >= 0.3 is 0 Å². The third kappa shape index (κ3) is 4.02. The van der Waals surface area contributed by atoms with Crippen molar-refractivity contribution in [2.45, 2.75) is 25.3 Å². The van der Waals surface area contributed by atoms with Crippen molar-refractivity contribution < 1.29 is 14.3 Å². The average Bonchev–Trinajstić information content (AvgIpc) is 2.46. The van der Waals surface area contributed by atoms with E-state index in [0.717, 1.165) is 25.9 Å². The van der Waals surface area contributed by atoms with Crippen LogP contribution < -0.4 is 20.1 Å². The molecule has 5 nitrogen and oxygen atoms in total. The van der Waals surface area contributed by atoms with E-state index in [-0.39, 0.29) is 23.9 Å². The SMILES string of the molecule is COc1cccc(C(=O)NC2(C)CCNCC2)c1OC.Cl. The Labute approximate surface area is 131 Å². The minimum absolute atomic E-state index is 0. The minimum atomic E-state index is -0.170. The lowest BCUT2D eigenvalue weighted by atomic mass is 9.90. The molecule has 1 aromatic rings. The van der Waals surface area contributed by atoms with Crippen LogP contribution in [-0.4, -0.2) is 38.8 Å². The maximum Gasteiger partial charge on any atom is 0.255 e. The minimum Gasteiger partial charge on any atom is -0.493 e. The summed E-state index contributed by atoms with van der Waals surface area (Å²) in [7, 11) is 3.11. The number of ether oxygens (including phenoxy) is 2. The van der Waals surface area contributed by atoms with E-state index in [1.54, 1.807) is 32.4 Å². The maximum atomic E-state index is 12.5. The van der Waals surface area contributed by atoms with Gasteiger partial charge in [-0.1, -0.05) is 6.07 Å². The average molecular weight is 315 g/mol. The first-order valence-electron chi connectivity index (χ1n) is 6.84. The largest absolute Gasteiger partial charge is 0.493 e. The molecule has 1 amide bonds. The van der Waals surface area contributed by atoms with Crippen molar-refractivity contribution >= 4 is 18.3 Å². The molecular weight excluding hydrogens is 292 g/mol. The Balaban J connectivity index is 0.00000220. The van der Waals surface area contributed by atoms with Gasteiger partial charge in [-0.2, -0.15) is 0 Å². The molecule has 0 spiro atoms. The van der Waals surface area contributed by atoms with Gasteiger partial charge in [0.25, 0.3) is 5.91 Å². The molecule has 1 aliphatic heterocycles. The normalized spacial score (nSPS) is 16.5. The molecule has 0 radical (unpaired) electrons. The van der Waals surface area contributed by atoms with Gasteiger partial charge < -0.3 is 20.1 Å². The molecule has 0 saturated carbocycles. The van der Waals surface area contributed by atoms with E-state index in [0.29, 0.717) is 17.1 Å². The summed E-state index contributed by atoms with van der Waals surface area (Å²) in [5.74, 6) is 0.922. The molecule has 1 aliphatic rings. The van der Waals surface area contributed by atoms with Crippen molar-refractivity contribution in [2.24, 2.45) is 0 Å². The van der Waals surface area contributed by atoms with Crippen molar-refractivity contribution in [3.8, 4) is 11.5 Å². The molecule has 118 valence electrons.